The van der Waals surface area contributed by atoms with Gasteiger partial charge in [-0.1, -0.05) is 46.7 Å². The molecule has 25 heavy (non-hydrogen) atoms. The van der Waals surface area contributed by atoms with Crippen molar-refractivity contribution in [3.8, 4) is 0 Å². The Morgan fingerprint density at radius 1 is 1.28 bits per heavy atom. The van der Waals surface area contributed by atoms with Gasteiger partial charge in [-0.3, -0.25) is 0 Å². The van der Waals surface area contributed by atoms with Gasteiger partial charge in [0.25, 0.3) is 5.82 Å². The van der Waals surface area contributed by atoms with E-state index in [4.69, 9.17) is 34.8 Å². The lowest BCUT2D eigenvalue weighted by atomic mass is 10.2. The molecule has 0 unspecified atom stereocenters. The molecule has 0 fully saturated rings. The molecule has 2 aliphatic rings. The maximum atomic E-state index is 12.6. The minimum atomic E-state index is -0.163. The molecule has 0 saturated heterocycles. The number of aromatic nitrogens is 2. The minimum Gasteiger partial charge on any atom is -0.246 e. The highest BCUT2D eigenvalue weighted by atomic mass is 35.5. The molecule has 0 spiro atoms. The van der Waals surface area contributed by atoms with Gasteiger partial charge in [-0.15, -0.1) is 0 Å². The average molecular weight is 398 g/mol. The van der Waals surface area contributed by atoms with Crippen molar-refractivity contribution in [2.24, 2.45) is 22.0 Å². The number of hydrogen-bond acceptors (Lipinski definition) is 4. The topological polar surface area (TPSA) is 63.0 Å². The van der Waals surface area contributed by atoms with E-state index in [0.29, 0.717) is 49.7 Å². The second-order valence-corrected chi connectivity index (χ2v) is 7.16. The predicted molar refractivity (Wildman–Crippen MR) is 95.9 cm³/mol. The van der Waals surface area contributed by atoms with Gasteiger partial charge in [0.05, 0.1) is 35.2 Å². The monoisotopic (exact) mass is 396 g/mol. The van der Waals surface area contributed by atoms with Crippen molar-refractivity contribution in [2.45, 2.75) is 25.9 Å². The van der Waals surface area contributed by atoms with Gasteiger partial charge in [0.2, 0.25) is 16.7 Å². The van der Waals surface area contributed by atoms with E-state index < -0.39 is 0 Å². The molecule has 1 aromatic carbocycles. The van der Waals surface area contributed by atoms with Crippen molar-refractivity contribution in [2.75, 3.05) is 0 Å². The number of hydrogen-bond donors (Lipinski definition) is 0. The fraction of sp³-hybridized carbons (Fsp3) is 0.312. The van der Waals surface area contributed by atoms with Crippen molar-refractivity contribution < 1.29 is 4.57 Å². The Morgan fingerprint density at radius 2 is 2.04 bits per heavy atom. The Bertz CT molecular complexity index is 1140. The Kier molecular flexibility index (Phi) is 3.94. The SMILES string of the molecule is CC[C@@H]1Cn2c(c3c([n+](C)c2=O)N=C(c2cc(Cl)cc(Cl)c2Cl)N=3)=N1. The van der Waals surface area contributed by atoms with Gasteiger partial charge in [0.15, 0.2) is 0 Å². The fourth-order valence-electron chi connectivity index (χ4n) is 2.99. The van der Waals surface area contributed by atoms with Gasteiger partial charge in [-0.05, 0) is 18.6 Å². The summed E-state index contributed by atoms with van der Waals surface area (Å²) in [6.07, 6.45) is 0.850. The van der Waals surface area contributed by atoms with E-state index in [1.807, 2.05) is 6.92 Å². The van der Waals surface area contributed by atoms with Crippen LogP contribution < -0.4 is 21.1 Å². The van der Waals surface area contributed by atoms with Crippen LogP contribution in [0.5, 0.6) is 0 Å². The Morgan fingerprint density at radius 3 is 2.76 bits per heavy atom. The van der Waals surface area contributed by atoms with Crippen molar-refractivity contribution in [3.63, 3.8) is 0 Å². The number of nitrogens with zero attached hydrogens (tertiary/aromatic N) is 5. The summed E-state index contributed by atoms with van der Waals surface area (Å²) in [5, 5.41) is 1.64. The third-order valence-corrected chi connectivity index (χ3v) is 5.37. The van der Waals surface area contributed by atoms with Crippen LogP contribution in [0.2, 0.25) is 15.1 Å². The molecule has 2 aliphatic heterocycles. The first-order valence-corrected chi connectivity index (χ1v) is 8.87. The first kappa shape index (κ1) is 16.7. The van der Waals surface area contributed by atoms with E-state index in [9.17, 15) is 4.79 Å². The molecule has 0 amide bonds. The Labute approximate surface area is 157 Å². The number of amidine groups is 1. The Balaban J connectivity index is 2.00. The maximum Gasteiger partial charge on any atom is 0.444 e. The molecule has 6 nitrogen and oxygen atoms in total. The van der Waals surface area contributed by atoms with Gasteiger partial charge >= 0.3 is 5.69 Å². The summed E-state index contributed by atoms with van der Waals surface area (Å²) >= 11 is 18.5. The van der Waals surface area contributed by atoms with E-state index in [0.717, 1.165) is 6.42 Å². The number of halogens is 3. The zero-order chi connectivity index (χ0) is 17.9. The molecule has 9 heteroatoms. The average Bonchev–Trinajstić information content (AvgIpc) is 3.20. The summed E-state index contributed by atoms with van der Waals surface area (Å²) in [7, 11) is 1.67. The van der Waals surface area contributed by atoms with Crippen LogP contribution in [0.25, 0.3) is 0 Å². The zero-order valence-electron chi connectivity index (χ0n) is 13.4. The number of fused-ring (bicyclic) bond motifs is 3. The van der Waals surface area contributed by atoms with Gasteiger partial charge < -0.3 is 0 Å². The highest BCUT2D eigenvalue weighted by molar-refractivity contribution is 6.45. The largest absolute Gasteiger partial charge is 0.444 e. The highest BCUT2D eigenvalue weighted by Gasteiger charge is 2.31. The molecule has 1 atom stereocenters. The molecule has 0 N–H and O–H groups in total. The molecule has 1 aromatic heterocycles. The third kappa shape index (κ3) is 2.51. The van der Waals surface area contributed by atoms with Crippen LogP contribution in [0.3, 0.4) is 0 Å². The summed E-state index contributed by atoms with van der Waals surface area (Å²) in [6.45, 7) is 2.60. The molecule has 2 aromatic rings. The van der Waals surface area contributed by atoms with Crippen molar-refractivity contribution in [1.29, 1.82) is 0 Å². The molecule has 3 heterocycles. The number of aliphatic imine (C=N–C) groups is 1. The smallest absolute Gasteiger partial charge is 0.246 e. The molecule has 0 saturated carbocycles. The summed E-state index contributed by atoms with van der Waals surface area (Å²) in [5.74, 6) is 0.822. The fourth-order valence-corrected chi connectivity index (χ4v) is 3.67. The number of benzene rings is 1. The Hall–Kier alpha value is -1.76. The standard InChI is InChI=1S/C16H13Cl3N5O/c1-3-8-6-24-15(20-8)12-14(23(2)16(24)25)22-13(21-12)9-4-7(17)5-10(18)11(9)19/h4-5,8H,3,6H2,1-2H3/q+1/t8-/m1/s1. The predicted octanol–water partition coefficient (Wildman–Crippen LogP) is 1.76. The van der Waals surface area contributed by atoms with E-state index in [1.54, 1.807) is 23.7 Å². The molecular weight excluding hydrogens is 385 g/mol. The minimum absolute atomic E-state index is 0.0719. The van der Waals surface area contributed by atoms with Crippen molar-refractivity contribution >= 4 is 46.5 Å². The zero-order valence-corrected chi connectivity index (χ0v) is 15.7. The van der Waals surface area contributed by atoms with Crippen LogP contribution in [0.4, 0.5) is 5.82 Å². The second kappa shape index (κ2) is 5.90. The summed E-state index contributed by atoms with van der Waals surface area (Å²) in [4.78, 5) is 26.3. The van der Waals surface area contributed by atoms with E-state index >= 15 is 0 Å². The van der Waals surface area contributed by atoms with Crippen LogP contribution >= 0.6 is 34.8 Å². The first-order valence-electron chi connectivity index (χ1n) is 7.73. The van der Waals surface area contributed by atoms with Crippen molar-refractivity contribution in [1.82, 2.24) is 4.57 Å². The summed E-state index contributed by atoms with van der Waals surface area (Å²) < 4.78 is 3.12. The maximum absolute atomic E-state index is 12.6. The van der Waals surface area contributed by atoms with Crippen LogP contribution in [0, 0.1) is 0 Å². The lowest BCUT2D eigenvalue weighted by molar-refractivity contribution is -0.678. The van der Waals surface area contributed by atoms with E-state index in [2.05, 4.69) is 15.0 Å². The van der Waals surface area contributed by atoms with Crippen LogP contribution in [-0.4, -0.2) is 16.4 Å². The van der Waals surface area contributed by atoms with Crippen molar-refractivity contribution in [3.05, 3.63) is 54.1 Å². The lowest BCUT2D eigenvalue weighted by Crippen LogP contribution is -2.59. The van der Waals surface area contributed by atoms with Crippen LogP contribution in [0.1, 0.15) is 18.9 Å². The highest BCUT2D eigenvalue weighted by Crippen LogP contribution is 2.31. The quantitative estimate of drug-likeness (QED) is 0.562. The van der Waals surface area contributed by atoms with E-state index in [1.165, 1.54) is 4.57 Å². The molecule has 4 rings (SSSR count). The molecule has 0 aliphatic carbocycles. The normalized spacial score (nSPS) is 17.6. The van der Waals surface area contributed by atoms with Crippen LogP contribution in [0.15, 0.2) is 31.9 Å². The van der Waals surface area contributed by atoms with Crippen LogP contribution in [-0.2, 0) is 13.6 Å². The third-order valence-electron chi connectivity index (χ3n) is 4.35. The molecule has 0 radical (unpaired) electrons. The summed E-state index contributed by atoms with van der Waals surface area (Å²) in [5.41, 5.74) is 0.920. The van der Waals surface area contributed by atoms with E-state index in [-0.39, 0.29) is 11.7 Å². The first-order chi connectivity index (χ1) is 11.9. The van der Waals surface area contributed by atoms with Gasteiger partial charge in [0.1, 0.15) is 0 Å². The number of rotatable bonds is 2. The van der Waals surface area contributed by atoms with Gasteiger partial charge in [-0.25, -0.2) is 19.3 Å². The molecule has 0 bridgehead atoms. The summed E-state index contributed by atoms with van der Waals surface area (Å²) in [6, 6.07) is 3.28. The van der Waals surface area contributed by atoms with Gasteiger partial charge in [-0.2, -0.15) is 4.57 Å². The second-order valence-electron chi connectivity index (χ2n) is 5.94. The molecular formula is C16H13Cl3N5O+. The molecule has 128 valence electrons. The van der Waals surface area contributed by atoms with Gasteiger partial charge in [0, 0.05) is 5.02 Å². The lowest BCUT2D eigenvalue weighted by Gasteiger charge is -2.02.